The van der Waals surface area contributed by atoms with E-state index in [1.165, 1.54) is 0 Å². The van der Waals surface area contributed by atoms with E-state index in [1.54, 1.807) is 7.11 Å². The van der Waals surface area contributed by atoms with E-state index in [4.69, 9.17) is 14.2 Å². The minimum Gasteiger partial charge on any atom is -0.375 e. The van der Waals surface area contributed by atoms with E-state index in [0.29, 0.717) is 32.2 Å². The molecule has 2 aliphatic rings. The third-order valence-corrected chi connectivity index (χ3v) is 4.94. The molecule has 0 radical (unpaired) electrons. The van der Waals surface area contributed by atoms with Crippen molar-refractivity contribution in [3.63, 3.8) is 0 Å². The topological polar surface area (TPSA) is 60.9 Å². The Morgan fingerprint density at radius 3 is 3.04 bits per heavy atom. The smallest absolute Gasteiger partial charge is 0.248 e. The molecule has 0 aromatic carbocycles. The maximum Gasteiger partial charge on any atom is 0.248 e. The number of hydrogen-bond acceptors (Lipinski definition) is 5. The number of ether oxygens (including phenoxy) is 3. The molecule has 0 saturated carbocycles. The molecule has 2 aliphatic heterocycles. The SMILES string of the molecule is COCC(=O)N1CC2(C1)OCCC2CCOCc1cccc(C)n1. The molecule has 2 fully saturated rings. The van der Waals surface area contributed by atoms with Gasteiger partial charge in [-0.2, -0.15) is 0 Å². The lowest BCUT2D eigenvalue weighted by Gasteiger charge is -2.50. The molecule has 1 aromatic heterocycles. The number of aryl methyl sites for hydroxylation is 1. The van der Waals surface area contributed by atoms with Crippen LogP contribution in [0, 0.1) is 12.8 Å². The van der Waals surface area contributed by atoms with E-state index >= 15 is 0 Å². The van der Waals surface area contributed by atoms with Crippen molar-refractivity contribution in [1.29, 1.82) is 0 Å². The zero-order valence-electron chi connectivity index (χ0n) is 14.5. The molecular formula is C18H26N2O4. The number of likely N-dealkylation sites (tertiary alicyclic amines) is 1. The summed E-state index contributed by atoms with van der Waals surface area (Å²) in [5.41, 5.74) is 1.82. The Bertz CT molecular complexity index is 572. The number of hydrogen-bond donors (Lipinski definition) is 0. The van der Waals surface area contributed by atoms with Gasteiger partial charge < -0.3 is 19.1 Å². The highest BCUT2D eigenvalue weighted by molar-refractivity contribution is 5.78. The van der Waals surface area contributed by atoms with Crippen LogP contribution in [0.4, 0.5) is 0 Å². The third kappa shape index (κ3) is 3.77. The van der Waals surface area contributed by atoms with Gasteiger partial charge in [0.2, 0.25) is 5.91 Å². The second-order valence-corrected chi connectivity index (χ2v) is 6.69. The first-order valence-corrected chi connectivity index (χ1v) is 8.54. The third-order valence-electron chi connectivity index (χ3n) is 4.94. The maximum atomic E-state index is 11.8. The quantitative estimate of drug-likeness (QED) is 0.708. The minimum atomic E-state index is -0.158. The second-order valence-electron chi connectivity index (χ2n) is 6.69. The lowest BCUT2D eigenvalue weighted by atomic mass is 9.79. The number of aromatic nitrogens is 1. The Balaban J connectivity index is 1.42. The van der Waals surface area contributed by atoms with Gasteiger partial charge in [-0.05, 0) is 37.8 Å². The highest BCUT2D eigenvalue weighted by Gasteiger charge is 2.53. The summed E-state index contributed by atoms with van der Waals surface area (Å²) in [6, 6.07) is 5.97. The number of pyridine rings is 1. The van der Waals surface area contributed by atoms with Crippen molar-refractivity contribution in [2.45, 2.75) is 32.0 Å². The second kappa shape index (κ2) is 7.59. The molecule has 1 amide bonds. The molecule has 3 heterocycles. The minimum absolute atomic E-state index is 0.0409. The lowest BCUT2D eigenvalue weighted by Crippen LogP contribution is -2.66. The molecule has 0 N–H and O–H groups in total. The fourth-order valence-electron chi connectivity index (χ4n) is 3.62. The van der Waals surface area contributed by atoms with Gasteiger partial charge in [0.1, 0.15) is 12.2 Å². The summed E-state index contributed by atoms with van der Waals surface area (Å²) in [4.78, 5) is 18.1. The molecule has 2 saturated heterocycles. The highest BCUT2D eigenvalue weighted by Crippen LogP contribution is 2.41. The first-order valence-electron chi connectivity index (χ1n) is 8.54. The van der Waals surface area contributed by atoms with Crippen LogP contribution >= 0.6 is 0 Å². The molecule has 132 valence electrons. The van der Waals surface area contributed by atoms with Gasteiger partial charge in [0.25, 0.3) is 0 Å². The summed E-state index contributed by atoms with van der Waals surface area (Å²) in [7, 11) is 1.54. The van der Waals surface area contributed by atoms with Crippen molar-refractivity contribution in [3.05, 3.63) is 29.6 Å². The predicted octanol–water partition coefficient (Wildman–Crippen LogP) is 1.56. The van der Waals surface area contributed by atoms with E-state index in [9.17, 15) is 4.79 Å². The Labute approximate surface area is 143 Å². The summed E-state index contributed by atoms with van der Waals surface area (Å²) >= 11 is 0. The van der Waals surface area contributed by atoms with Gasteiger partial charge in [0.05, 0.1) is 25.4 Å². The standard InChI is InChI=1S/C18H26N2O4/c1-14-4-3-5-16(19-14)10-23-8-6-15-7-9-24-18(15)12-20(13-18)17(21)11-22-2/h3-5,15H,6-13H2,1-2H3. The first-order chi connectivity index (χ1) is 11.6. The van der Waals surface area contributed by atoms with Crippen molar-refractivity contribution in [3.8, 4) is 0 Å². The molecule has 1 unspecified atom stereocenters. The molecule has 0 aliphatic carbocycles. The highest BCUT2D eigenvalue weighted by atomic mass is 16.5. The first kappa shape index (κ1) is 17.3. The molecule has 0 bridgehead atoms. The van der Waals surface area contributed by atoms with Crippen molar-refractivity contribution >= 4 is 5.91 Å². The van der Waals surface area contributed by atoms with Gasteiger partial charge in [0, 0.05) is 26.0 Å². The van der Waals surface area contributed by atoms with E-state index in [-0.39, 0.29) is 18.1 Å². The average molecular weight is 334 g/mol. The fraction of sp³-hybridized carbons (Fsp3) is 0.667. The number of rotatable bonds is 7. The van der Waals surface area contributed by atoms with Crippen LogP contribution in [-0.2, 0) is 25.6 Å². The Hall–Kier alpha value is -1.50. The molecule has 3 rings (SSSR count). The summed E-state index contributed by atoms with van der Waals surface area (Å²) in [5.74, 6) is 0.494. The van der Waals surface area contributed by atoms with Crippen LogP contribution in [0.15, 0.2) is 18.2 Å². The number of nitrogens with zero attached hydrogens (tertiary/aromatic N) is 2. The molecule has 6 nitrogen and oxygen atoms in total. The summed E-state index contributed by atoms with van der Waals surface area (Å²) in [6.45, 7) is 5.50. The summed E-state index contributed by atoms with van der Waals surface area (Å²) in [5, 5.41) is 0. The van der Waals surface area contributed by atoms with Gasteiger partial charge in [-0.15, -0.1) is 0 Å². The van der Waals surface area contributed by atoms with E-state index in [2.05, 4.69) is 4.98 Å². The largest absolute Gasteiger partial charge is 0.375 e. The van der Waals surface area contributed by atoms with Crippen molar-refractivity contribution < 1.29 is 19.0 Å². The molecule has 1 spiro atoms. The molecule has 1 atom stereocenters. The average Bonchev–Trinajstić information content (AvgIpc) is 2.94. The van der Waals surface area contributed by atoms with Crippen LogP contribution in [0.25, 0.3) is 0 Å². The van der Waals surface area contributed by atoms with Gasteiger partial charge >= 0.3 is 0 Å². The monoisotopic (exact) mass is 334 g/mol. The molecule has 1 aromatic rings. The predicted molar refractivity (Wildman–Crippen MR) is 88.5 cm³/mol. The van der Waals surface area contributed by atoms with Gasteiger partial charge in [-0.3, -0.25) is 9.78 Å². The zero-order valence-corrected chi connectivity index (χ0v) is 14.5. The Morgan fingerprint density at radius 1 is 1.46 bits per heavy atom. The maximum absolute atomic E-state index is 11.8. The summed E-state index contributed by atoms with van der Waals surface area (Å²) in [6.07, 6.45) is 2.00. The summed E-state index contributed by atoms with van der Waals surface area (Å²) < 4.78 is 16.7. The van der Waals surface area contributed by atoms with E-state index in [0.717, 1.165) is 30.8 Å². The van der Waals surface area contributed by atoms with Crippen LogP contribution in [-0.4, -0.2) is 61.4 Å². The number of carbonyl (C=O) groups is 1. The fourth-order valence-corrected chi connectivity index (χ4v) is 3.62. The van der Waals surface area contributed by atoms with Crippen LogP contribution in [0.2, 0.25) is 0 Å². The van der Waals surface area contributed by atoms with Crippen molar-refractivity contribution in [1.82, 2.24) is 9.88 Å². The number of methoxy groups -OCH3 is 1. The van der Waals surface area contributed by atoms with Gasteiger partial charge in [0.15, 0.2) is 0 Å². The molecular weight excluding hydrogens is 308 g/mol. The lowest BCUT2D eigenvalue weighted by molar-refractivity contribution is -0.169. The van der Waals surface area contributed by atoms with E-state index < -0.39 is 0 Å². The van der Waals surface area contributed by atoms with E-state index in [1.807, 2.05) is 30.0 Å². The van der Waals surface area contributed by atoms with Gasteiger partial charge in [-0.1, -0.05) is 6.07 Å². The van der Waals surface area contributed by atoms with Crippen LogP contribution in [0.1, 0.15) is 24.2 Å². The number of amides is 1. The van der Waals surface area contributed by atoms with Crippen LogP contribution in [0.5, 0.6) is 0 Å². The van der Waals surface area contributed by atoms with Gasteiger partial charge in [-0.25, -0.2) is 0 Å². The normalized spacial score (nSPS) is 21.9. The van der Waals surface area contributed by atoms with Crippen molar-refractivity contribution in [2.24, 2.45) is 5.92 Å². The molecule has 24 heavy (non-hydrogen) atoms. The Kier molecular flexibility index (Phi) is 5.48. The molecule has 6 heteroatoms. The zero-order chi connectivity index (χ0) is 17.0. The van der Waals surface area contributed by atoms with Crippen LogP contribution in [0.3, 0.4) is 0 Å². The van der Waals surface area contributed by atoms with Crippen molar-refractivity contribution in [2.75, 3.05) is 40.0 Å². The van der Waals surface area contributed by atoms with Crippen LogP contribution < -0.4 is 0 Å². The number of carbonyl (C=O) groups excluding carboxylic acids is 1. The Morgan fingerprint density at radius 2 is 2.29 bits per heavy atom.